The van der Waals surface area contributed by atoms with Crippen LogP contribution in [0.25, 0.3) is 6.08 Å². The van der Waals surface area contributed by atoms with Gasteiger partial charge in [0.1, 0.15) is 0 Å². The second kappa shape index (κ2) is 5.67. The Labute approximate surface area is 108 Å². The second-order valence-corrected chi connectivity index (χ2v) is 5.72. The predicted octanol–water partition coefficient (Wildman–Crippen LogP) is 5.17. The van der Waals surface area contributed by atoms with Gasteiger partial charge in [0.2, 0.25) is 0 Å². The highest BCUT2D eigenvalue weighted by Crippen LogP contribution is 2.23. The van der Waals surface area contributed by atoms with E-state index in [1.165, 1.54) is 16.7 Å². The van der Waals surface area contributed by atoms with Gasteiger partial charge in [-0.25, -0.2) is 0 Å². The molecule has 1 aromatic rings. The van der Waals surface area contributed by atoms with Crippen LogP contribution in [0.15, 0.2) is 29.8 Å². The molecule has 0 heterocycles. The van der Waals surface area contributed by atoms with Gasteiger partial charge < -0.3 is 0 Å². The molecule has 1 rings (SSSR count). The molecule has 1 heteroatoms. The Bertz CT molecular complexity index is 346. The van der Waals surface area contributed by atoms with E-state index in [1.54, 1.807) is 0 Å². The Morgan fingerprint density at radius 2 is 1.75 bits per heavy atom. The van der Waals surface area contributed by atoms with Crippen molar-refractivity contribution in [3.63, 3.8) is 0 Å². The SMILES string of the molecule is CCC(=Cc1ccc(C(C)(C)C)cc1)CBr. The minimum atomic E-state index is 0.241. The van der Waals surface area contributed by atoms with Crippen LogP contribution in [0.3, 0.4) is 0 Å². The molecular weight excluding hydrogens is 260 g/mol. The summed E-state index contributed by atoms with van der Waals surface area (Å²) in [6.07, 6.45) is 3.37. The topological polar surface area (TPSA) is 0 Å². The molecule has 0 saturated heterocycles. The number of hydrogen-bond donors (Lipinski definition) is 0. The monoisotopic (exact) mass is 280 g/mol. The third-order valence-electron chi connectivity index (χ3n) is 2.77. The van der Waals surface area contributed by atoms with Crippen LogP contribution in [0.2, 0.25) is 0 Å². The molecule has 0 spiro atoms. The summed E-state index contributed by atoms with van der Waals surface area (Å²) in [5, 5.41) is 0.963. The number of benzene rings is 1. The lowest BCUT2D eigenvalue weighted by atomic mass is 9.86. The van der Waals surface area contributed by atoms with Gasteiger partial charge >= 0.3 is 0 Å². The zero-order valence-corrected chi connectivity index (χ0v) is 12.3. The number of halogens is 1. The van der Waals surface area contributed by atoms with Crippen LogP contribution in [0.5, 0.6) is 0 Å². The fourth-order valence-electron chi connectivity index (χ4n) is 1.55. The lowest BCUT2D eigenvalue weighted by molar-refractivity contribution is 0.590. The quantitative estimate of drug-likeness (QED) is 0.670. The Kier molecular flexibility index (Phi) is 4.79. The van der Waals surface area contributed by atoms with Gasteiger partial charge in [-0.3, -0.25) is 0 Å². The average molecular weight is 281 g/mol. The predicted molar refractivity (Wildman–Crippen MR) is 77.2 cm³/mol. The highest BCUT2D eigenvalue weighted by molar-refractivity contribution is 9.09. The number of allylic oxidation sites excluding steroid dienone is 1. The number of hydrogen-bond acceptors (Lipinski definition) is 0. The minimum Gasteiger partial charge on any atom is -0.0880 e. The van der Waals surface area contributed by atoms with Gasteiger partial charge in [-0.15, -0.1) is 0 Å². The lowest BCUT2D eigenvalue weighted by Crippen LogP contribution is -2.10. The van der Waals surface area contributed by atoms with Crippen molar-refractivity contribution in [3.8, 4) is 0 Å². The first kappa shape index (κ1) is 13.5. The minimum absolute atomic E-state index is 0.241. The number of alkyl halides is 1. The number of rotatable bonds is 3. The first-order chi connectivity index (χ1) is 7.47. The summed E-state index contributed by atoms with van der Waals surface area (Å²) in [4.78, 5) is 0. The fourth-order valence-corrected chi connectivity index (χ4v) is 2.11. The molecule has 0 unspecified atom stereocenters. The Hall–Kier alpha value is -0.560. The maximum atomic E-state index is 3.51. The van der Waals surface area contributed by atoms with E-state index < -0.39 is 0 Å². The van der Waals surface area contributed by atoms with Crippen molar-refractivity contribution in [2.24, 2.45) is 0 Å². The Balaban J connectivity index is 2.91. The zero-order valence-electron chi connectivity index (χ0n) is 10.7. The molecule has 0 atom stereocenters. The average Bonchev–Trinajstić information content (AvgIpc) is 2.25. The van der Waals surface area contributed by atoms with Crippen LogP contribution in [-0.4, -0.2) is 5.33 Å². The first-order valence-electron chi connectivity index (χ1n) is 5.83. The highest BCUT2D eigenvalue weighted by Gasteiger charge is 2.12. The normalized spacial score (nSPS) is 12.9. The van der Waals surface area contributed by atoms with E-state index in [4.69, 9.17) is 0 Å². The van der Waals surface area contributed by atoms with E-state index in [0.717, 1.165) is 11.8 Å². The maximum absolute atomic E-state index is 3.51. The zero-order chi connectivity index (χ0) is 12.2. The molecule has 0 nitrogen and oxygen atoms in total. The van der Waals surface area contributed by atoms with Gasteiger partial charge in [0.15, 0.2) is 0 Å². The molecule has 0 fully saturated rings. The molecule has 88 valence electrons. The third-order valence-corrected chi connectivity index (χ3v) is 3.49. The molecule has 0 radical (unpaired) electrons. The smallest absolute Gasteiger partial charge is 0.0245 e. The first-order valence-corrected chi connectivity index (χ1v) is 6.95. The second-order valence-electron chi connectivity index (χ2n) is 5.16. The van der Waals surface area contributed by atoms with Crippen molar-refractivity contribution < 1.29 is 0 Å². The van der Waals surface area contributed by atoms with Gasteiger partial charge in [0.05, 0.1) is 0 Å². The summed E-state index contributed by atoms with van der Waals surface area (Å²) in [6, 6.07) is 8.87. The summed E-state index contributed by atoms with van der Waals surface area (Å²) < 4.78 is 0. The van der Waals surface area contributed by atoms with Crippen LogP contribution in [0.1, 0.15) is 45.2 Å². The third kappa shape index (κ3) is 3.79. The standard InChI is InChI=1S/C15H21Br/c1-5-12(11-16)10-13-6-8-14(9-7-13)15(2,3)4/h6-10H,5,11H2,1-4H3. The van der Waals surface area contributed by atoms with E-state index in [9.17, 15) is 0 Å². The maximum Gasteiger partial charge on any atom is 0.0245 e. The molecule has 0 bridgehead atoms. The van der Waals surface area contributed by atoms with E-state index in [0.29, 0.717) is 0 Å². The van der Waals surface area contributed by atoms with Crippen molar-refractivity contribution in [3.05, 3.63) is 41.0 Å². The van der Waals surface area contributed by atoms with E-state index >= 15 is 0 Å². The van der Waals surface area contributed by atoms with Gasteiger partial charge in [0.25, 0.3) is 0 Å². The van der Waals surface area contributed by atoms with Gasteiger partial charge in [-0.05, 0) is 23.0 Å². The molecule has 1 aromatic carbocycles. The molecular formula is C15H21Br. The summed E-state index contributed by atoms with van der Waals surface area (Å²) >= 11 is 3.51. The molecule has 16 heavy (non-hydrogen) atoms. The molecule has 0 aliphatic carbocycles. The van der Waals surface area contributed by atoms with Crippen molar-refractivity contribution in [2.45, 2.75) is 39.5 Å². The Morgan fingerprint density at radius 1 is 1.19 bits per heavy atom. The van der Waals surface area contributed by atoms with Crippen LogP contribution in [0.4, 0.5) is 0 Å². The summed E-state index contributed by atoms with van der Waals surface area (Å²) in [6.45, 7) is 8.92. The highest BCUT2D eigenvalue weighted by atomic mass is 79.9. The van der Waals surface area contributed by atoms with Crippen molar-refractivity contribution in [2.75, 3.05) is 5.33 Å². The van der Waals surface area contributed by atoms with Crippen molar-refractivity contribution >= 4 is 22.0 Å². The van der Waals surface area contributed by atoms with Crippen LogP contribution in [0, 0.1) is 0 Å². The lowest BCUT2D eigenvalue weighted by Gasteiger charge is -2.18. The molecule has 0 amide bonds. The summed E-state index contributed by atoms with van der Waals surface area (Å²) in [7, 11) is 0. The van der Waals surface area contributed by atoms with Crippen LogP contribution in [-0.2, 0) is 5.41 Å². The van der Waals surface area contributed by atoms with Gasteiger partial charge in [-0.2, -0.15) is 0 Å². The fraction of sp³-hybridized carbons (Fsp3) is 0.467. The largest absolute Gasteiger partial charge is 0.0880 e. The van der Waals surface area contributed by atoms with Crippen LogP contribution < -0.4 is 0 Å². The molecule has 0 aliphatic rings. The van der Waals surface area contributed by atoms with E-state index in [2.05, 4.69) is 74.0 Å². The van der Waals surface area contributed by atoms with E-state index in [1.807, 2.05) is 0 Å². The van der Waals surface area contributed by atoms with Crippen molar-refractivity contribution in [1.29, 1.82) is 0 Å². The molecule has 0 aromatic heterocycles. The van der Waals surface area contributed by atoms with Gasteiger partial charge in [-0.1, -0.05) is 79.5 Å². The van der Waals surface area contributed by atoms with Crippen molar-refractivity contribution in [1.82, 2.24) is 0 Å². The Morgan fingerprint density at radius 3 is 2.12 bits per heavy atom. The summed E-state index contributed by atoms with van der Waals surface area (Å²) in [5.74, 6) is 0. The van der Waals surface area contributed by atoms with E-state index in [-0.39, 0.29) is 5.41 Å². The summed E-state index contributed by atoms with van der Waals surface area (Å²) in [5.41, 5.74) is 4.36. The van der Waals surface area contributed by atoms with Gasteiger partial charge in [0, 0.05) is 5.33 Å². The molecule has 0 N–H and O–H groups in total. The molecule has 0 aliphatic heterocycles. The van der Waals surface area contributed by atoms with Crippen LogP contribution >= 0.6 is 15.9 Å². The molecule has 0 saturated carbocycles.